The number of H-pyrrole nitrogens is 1. The summed E-state index contributed by atoms with van der Waals surface area (Å²) in [4.78, 5) is 17.6. The Bertz CT molecular complexity index is 641. The molecule has 6 nitrogen and oxygen atoms in total. The summed E-state index contributed by atoms with van der Waals surface area (Å²) >= 11 is 0. The van der Waals surface area contributed by atoms with Gasteiger partial charge >= 0.3 is 5.97 Å². The Labute approximate surface area is 135 Å². The van der Waals surface area contributed by atoms with E-state index >= 15 is 0 Å². The smallest absolute Gasteiger partial charge is 0.303 e. The average Bonchev–Trinajstić information content (AvgIpc) is 3.06. The van der Waals surface area contributed by atoms with Gasteiger partial charge in [-0.05, 0) is 32.4 Å². The van der Waals surface area contributed by atoms with Crippen molar-refractivity contribution >= 4 is 5.97 Å². The van der Waals surface area contributed by atoms with Crippen molar-refractivity contribution in [2.24, 2.45) is 0 Å². The molecule has 0 bridgehead atoms. The molecule has 3 rings (SSSR count). The average molecular weight is 314 g/mol. The first kappa shape index (κ1) is 15.7. The molecule has 1 atom stereocenters. The van der Waals surface area contributed by atoms with Crippen molar-refractivity contribution in [3.8, 4) is 11.4 Å². The van der Waals surface area contributed by atoms with Crippen LogP contribution in [0.4, 0.5) is 0 Å². The van der Waals surface area contributed by atoms with Gasteiger partial charge in [0.05, 0.1) is 0 Å². The second-order valence-electron chi connectivity index (χ2n) is 6.05. The van der Waals surface area contributed by atoms with Gasteiger partial charge in [0.15, 0.2) is 5.82 Å². The van der Waals surface area contributed by atoms with Gasteiger partial charge in [0.25, 0.3) is 0 Å². The number of aliphatic carboxylic acids is 1. The first-order valence-corrected chi connectivity index (χ1v) is 8.14. The van der Waals surface area contributed by atoms with Crippen molar-refractivity contribution in [1.82, 2.24) is 20.1 Å². The molecule has 0 saturated carbocycles. The number of likely N-dealkylation sites (tertiary alicyclic amines) is 1. The molecule has 23 heavy (non-hydrogen) atoms. The predicted octanol–water partition coefficient (Wildman–Crippen LogP) is 2.52. The lowest BCUT2D eigenvalue weighted by molar-refractivity contribution is -0.137. The molecule has 0 radical (unpaired) electrons. The van der Waals surface area contributed by atoms with Crippen molar-refractivity contribution in [3.05, 3.63) is 36.2 Å². The Morgan fingerprint density at radius 1 is 1.35 bits per heavy atom. The number of hydrogen-bond donors (Lipinski definition) is 2. The molecule has 1 aliphatic heterocycles. The Balaban J connectivity index is 1.61. The number of aromatic amines is 1. The fourth-order valence-corrected chi connectivity index (χ4v) is 3.11. The number of aromatic nitrogens is 3. The van der Waals surface area contributed by atoms with Crippen LogP contribution in [-0.4, -0.2) is 50.8 Å². The SMILES string of the molecule is O=C(O)CCCN1CCCC(c2nc(-c3ccccc3)n[nH]2)C1. The summed E-state index contributed by atoms with van der Waals surface area (Å²) in [6.45, 7) is 2.79. The minimum atomic E-state index is -0.721. The van der Waals surface area contributed by atoms with Gasteiger partial charge in [-0.2, -0.15) is 5.10 Å². The highest BCUT2D eigenvalue weighted by atomic mass is 16.4. The molecule has 1 aliphatic rings. The van der Waals surface area contributed by atoms with E-state index in [1.54, 1.807) is 0 Å². The van der Waals surface area contributed by atoms with Crippen molar-refractivity contribution in [2.75, 3.05) is 19.6 Å². The van der Waals surface area contributed by atoms with Crippen LogP contribution in [0.5, 0.6) is 0 Å². The van der Waals surface area contributed by atoms with Gasteiger partial charge in [-0.1, -0.05) is 30.3 Å². The maximum Gasteiger partial charge on any atom is 0.303 e. The molecule has 1 aromatic heterocycles. The van der Waals surface area contributed by atoms with E-state index in [-0.39, 0.29) is 6.42 Å². The topological polar surface area (TPSA) is 82.1 Å². The van der Waals surface area contributed by atoms with Crippen molar-refractivity contribution in [3.63, 3.8) is 0 Å². The zero-order valence-electron chi connectivity index (χ0n) is 13.1. The fourth-order valence-electron chi connectivity index (χ4n) is 3.11. The molecule has 2 heterocycles. The molecule has 1 saturated heterocycles. The molecule has 0 amide bonds. The highest BCUT2D eigenvalue weighted by Gasteiger charge is 2.24. The van der Waals surface area contributed by atoms with Crippen LogP contribution in [0.1, 0.15) is 37.4 Å². The molecule has 1 unspecified atom stereocenters. The number of carboxylic acid groups (broad SMARTS) is 1. The summed E-state index contributed by atoms with van der Waals surface area (Å²) < 4.78 is 0. The lowest BCUT2D eigenvalue weighted by Crippen LogP contribution is -2.35. The summed E-state index contributed by atoms with van der Waals surface area (Å²) in [5.74, 6) is 1.30. The van der Waals surface area contributed by atoms with Crippen LogP contribution in [0, 0.1) is 0 Å². The molecule has 122 valence electrons. The van der Waals surface area contributed by atoms with Gasteiger partial charge in [-0.25, -0.2) is 4.98 Å². The van der Waals surface area contributed by atoms with E-state index in [0.717, 1.165) is 49.7 Å². The molecular formula is C17H22N4O2. The Morgan fingerprint density at radius 3 is 2.96 bits per heavy atom. The quantitative estimate of drug-likeness (QED) is 0.856. The van der Waals surface area contributed by atoms with E-state index in [0.29, 0.717) is 12.3 Å². The van der Waals surface area contributed by atoms with Crippen LogP contribution in [-0.2, 0) is 4.79 Å². The van der Waals surface area contributed by atoms with Crippen LogP contribution in [0.3, 0.4) is 0 Å². The maximum atomic E-state index is 10.6. The largest absolute Gasteiger partial charge is 0.481 e. The van der Waals surface area contributed by atoms with Gasteiger partial charge in [0.2, 0.25) is 0 Å². The monoisotopic (exact) mass is 314 g/mol. The van der Waals surface area contributed by atoms with Gasteiger partial charge in [0, 0.05) is 24.4 Å². The molecule has 0 aliphatic carbocycles. The summed E-state index contributed by atoms with van der Waals surface area (Å²) in [6, 6.07) is 9.96. The van der Waals surface area contributed by atoms with Crippen molar-refractivity contribution in [2.45, 2.75) is 31.6 Å². The number of carbonyl (C=O) groups is 1. The third kappa shape index (κ3) is 4.16. The van der Waals surface area contributed by atoms with Crippen LogP contribution >= 0.6 is 0 Å². The lowest BCUT2D eigenvalue weighted by atomic mass is 9.97. The van der Waals surface area contributed by atoms with E-state index in [4.69, 9.17) is 5.11 Å². The zero-order chi connectivity index (χ0) is 16.1. The van der Waals surface area contributed by atoms with Crippen molar-refractivity contribution < 1.29 is 9.90 Å². The number of nitrogens with zero attached hydrogens (tertiary/aromatic N) is 3. The van der Waals surface area contributed by atoms with Crippen LogP contribution in [0.15, 0.2) is 30.3 Å². The third-order valence-electron chi connectivity index (χ3n) is 4.29. The third-order valence-corrected chi connectivity index (χ3v) is 4.29. The molecule has 2 N–H and O–H groups in total. The number of carboxylic acids is 1. The standard InChI is InChI=1S/C17H22N4O2/c22-15(23)9-5-11-21-10-4-8-14(12-21)17-18-16(19-20-17)13-6-2-1-3-7-13/h1-3,6-7,14H,4-5,8-12H2,(H,22,23)(H,18,19,20). The number of benzene rings is 1. The molecular weight excluding hydrogens is 292 g/mol. The fraction of sp³-hybridized carbons (Fsp3) is 0.471. The van der Waals surface area contributed by atoms with Gasteiger partial charge in [-0.3, -0.25) is 9.89 Å². The molecule has 1 fully saturated rings. The van der Waals surface area contributed by atoms with Gasteiger partial charge in [0.1, 0.15) is 5.82 Å². The van der Waals surface area contributed by atoms with E-state index in [1.165, 1.54) is 0 Å². The Morgan fingerprint density at radius 2 is 2.17 bits per heavy atom. The minimum absolute atomic E-state index is 0.238. The summed E-state index contributed by atoms with van der Waals surface area (Å²) in [7, 11) is 0. The van der Waals surface area contributed by atoms with E-state index in [1.807, 2.05) is 30.3 Å². The lowest BCUT2D eigenvalue weighted by Gasteiger charge is -2.31. The number of piperidine rings is 1. The summed E-state index contributed by atoms with van der Waals surface area (Å²) in [5.41, 5.74) is 1.02. The molecule has 2 aromatic rings. The maximum absolute atomic E-state index is 10.6. The molecule has 0 spiro atoms. The highest BCUT2D eigenvalue weighted by Crippen LogP contribution is 2.26. The molecule has 1 aromatic carbocycles. The van der Waals surface area contributed by atoms with Gasteiger partial charge in [-0.15, -0.1) is 0 Å². The predicted molar refractivity (Wildman–Crippen MR) is 87.1 cm³/mol. The second kappa shape index (κ2) is 7.37. The summed E-state index contributed by atoms with van der Waals surface area (Å²) in [6.07, 6.45) is 3.15. The summed E-state index contributed by atoms with van der Waals surface area (Å²) in [5, 5.41) is 16.2. The highest BCUT2D eigenvalue weighted by molar-refractivity contribution is 5.66. The number of nitrogens with one attached hydrogen (secondary N) is 1. The van der Waals surface area contributed by atoms with E-state index in [2.05, 4.69) is 20.1 Å². The van der Waals surface area contributed by atoms with E-state index in [9.17, 15) is 4.79 Å². The van der Waals surface area contributed by atoms with E-state index < -0.39 is 5.97 Å². The zero-order valence-corrected chi connectivity index (χ0v) is 13.1. The van der Waals surface area contributed by atoms with Crippen LogP contribution in [0.25, 0.3) is 11.4 Å². The van der Waals surface area contributed by atoms with Gasteiger partial charge < -0.3 is 10.0 Å². The van der Waals surface area contributed by atoms with Crippen LogP contribution in [0.2, 0.25) is 0 Å². The number of hydrogen-bond acceptors (Lipinski definition) is 4. The van der Waals surface area contributed by atoms with Crippen molar-refractivity contribution in [1.29, 1.82) is 0 Å². The van der Waals surface area contributed by atoms with Crippen LogP contribution < -0.4 is 0 Å². The Hall–Kier alpha value is -2.21. The normalized spacial score (nSPS) is 18.9. The minimum Gasteiger partial charge on any atom is -0.481 e. The Kier molecular flexibility index (Phi) is 5.02. The molecule has 6 heteroatoms. The second-order valence-corrected chi connectivity index (χ2v) is 6.05. The first-order chi connectivity index (χ1) is 11.2. The first-order valence-electron chi connectivity index (χ1n) is 8.14. The number of rotatable bonds is 6.